The molecule has 6 nitrogen and oxygen atoms in total. The average molecular weight is 311 g/mol. The first-order chi connectivity index (χ1) is 10.1. The quantitative estimate of drug-likeness (QED) is 0.666. The van der Waals surface area contributed by atoms with Gasteiger partial charge in [-0.3, -0.25) is 9.59 Å². The summed E-state index contributed by atoms with van der Waals surface area (Å²) in [7, 11) is 0. The zero-order valence-corrected chi connectivity index (χ0v) is 12.4. The van der Waals surface area contributed by atoms with E-state index in [2.05, 4.69) is 5.32 Å². The van der Waals surface area contributed by atoms with Crippen LogP contribution in [-0.2, 0) is 9.59 Å². The molecule has 1 atom stereocenters. The molecule has 0 aliphatic carbocycles. The largest absolute Gasteiger partial charge is 0.484 e. The van der Waals surface area contributed by atoms with Crippen molar-refractivity contribution in [3.63, 3.8) is 0 Å². The second-order valence-electron chi connectivity index (χ2n) is 4.22. The number of thioether (sulfide) groups is 1. The molecule has 0 radical (unpaired) electrons. The van der Waals surface area contributed by atoms with Crippen molar-refractivity contribution >= 4 is 29.9 Å². The van der Waals surface area contributed by atoms with Crippen molar-refractivity contribution < 1.29 is 24.2 Å². The van der Waals surface area contributed by atoms with Gasteiger partial charge in [0.1, 0.15) is 18.1 Å². The Balaban J connectivity index is 2.44. The lowest BCUT2D eigenvalue weighted by Crippen LogP contribution is -2.43. The van der Waals surface area contributed by atoms with Crippen molar-refractivity contribution in [2.45, 2.75) is 12.5 Å². The summed E-state index contributed by atoms with van der Waals surface area (Å²) in [5.41, 5.74) is 0.509. The minimum atomic E-state index is -1.06. The molecule has 0 saturated heterocycles. The first-order valence-corrected chi connectivity index (χ1v) is 7.65. The molecule has 0 fully saturated rings. The lowest BCUT2D eigenvalue weighted by Gasteiger charge is -2.14. The first-order valence-electron chi connectivity index (χ1n) is 6.26. The molecule has 21 heavy (non-hydrogen) atoms. The molecular formula is C14H17NO5S. The molecule has 114 valence electrons. The van der Waals surface area contributed by atoms with E-state index in [0.717, 1.165) is 0 Å². The molecule has 1 aromatic rings. The van der Waals surface area contributed by atoms with Gasteiger partial charge in [0.2, 0.25) is 0 Å². The van der Waals surface area contributed by atoms with Crippen molar-refractivity contribution in [1.29, 1.82) is 0 Å². The monoisotopic (exact) mass is 311 g/mol. The average Bonchev–Trinajstić information content (AvgIpc) is 2.49. The number of amides is 1. The van der Waals surface area contributed by atoms with Gasteiger partial charge < -0.3 is 15.2 Å². The summed E-state index contributed by atoms with van der Waals surface area (Å²) < 4.78 is 5.23. The summed E-state index contributed by atoms with van der Waals surface area (Å²) in [6.45, 7) is -0.274. The summed E-state index contributed by atoms with van der Waals surface area (Å²) in [6.07, 6.45) is 2.93. The third kappa shape index (κ3) is 6.31. The van der Waals surface area contributed by atoms with Gasteiger partial charge in [-0.05, 0) is 42.7 Å². The van der Waals surface area contributed by atoms with E-state index in [1.54, 1.807) is 24.3 Å². The Morgan fingerprint density at radius 3 is 2.57 bits per heavy atom. The number of benzene rings is 1. The molecule has 0 spiro atoms. The smallest absolute Gasteiger partial charge is 0.326 e. The summed E-state index contributed by atoms with van der Waals surface area (Å²) >= 11 is 1.51. The van der Waals surface area contributed by atoms with Crippen LogP contribution < -0.4 is 10.1 Å². The predicted octanol–water partition coefficient (Wildman–Crippen LogP) is 1.20. The predicted molar refractivity (Wildman–Crippen MR) is 79.9 cm³/mol. The van der Waals surface area contributed by atoms with Crippen LogP contribution in [0.1, 0.15) is 16.8 Å². The second kappa shape index (κ2) is 9.02. The van der Waals surface area contributed by atoms with Gasteiger partial charge in [-0.15, -0.1) is 0 Å². The van der Waals surface area contributed by atoms with Gasteiger partial charge in [0.25, 0.3) is 5.91 Å². The van der Waals surface area contributed by atoms with Crippen molar-refractivity contribution in [3.8, 4) is 5.75 Å². The van der Waals surface area contributed by atoms with Crippen LogP contribution in [-0.4, -0.2) is 47.9 Å². The molecule has 0 bridgehead atoms. The molecule has 1 amide bonds. The van der Waals surface area contributed by atoms with E-state index in [-0.39, 0.29) is 6.61 Å². The van der Waals surface area contributed by atoms with E-state index in [4.69, 9.17) is 9.84 Å². The lowest BCUT2D eigenvalue weighted by atomic mass is 10.2. The van der Waals surface area contributed by atoms with E-state index in [9.17, 15) is 14.4 Å². The van der Waals surface area contributed by atoms with Crippen LogP contribution >= 0.6 is 11.8 Å². The molecule has 1 aromatic carbocycles. The lowest BCUT2D eigenvalue weighted by molar-refractivity contribution is -0.142. The number of ether oxygens (including phenoxy) is 1. The highest BCUT2D eigenvalue weighted by Crippen LogP contribution is 2.10. The molecule has 0 saturated carbocycles. The number of hydrogen-bond donors (Lipinski definition) is 2. The third-order valence-corrected chi connectivity index (χ3v) is 3.27. The van der Waals surface area contributed by atoms with Gasteiger partial charge in [0, 0.05) is 5.56 Å². The maximum atomic E-state index is 11.7. The highest BCUT2D eigenvalue weighted by atomic mass is 32.2. The summed E-state index contributed by atoms with van der Waals surface area (Å²) in [5, 5.41) is 11.4. The van der Waals surface area contributed by atoms with Gasteiger partial charge >= 0.3 is 5.97 Å². The molecule has 1 unspecified atom stereocenters. The van der Waals surface area contributed by atoms with Crippen molar-refractivity contribution in [1.82, 2.24) is 5.32 Å². The molecule has 0 aliphatic heterocycles. The molecular weight excluding hydrogens is 294 g/mol. The Bertz CT molecular complexity index is 489. The Morgan fingerprint density at radius 2 is 2.05 bits per heavy atom. The van der Waals surface area contributed by atoms with Crippen LogP contribution in [0.25, 0.3) is 0 Å². The summed E-state index contributed by atoms with van der Waals surface area (Å²) in [4.78, 5) is 33.1. The summed E-state index contributed by atoms with van der Waals surface area (Å²) in [6, 6.07) is 5.36. The molecule has 0 aromatic heterocycles. The van der Waals surface area contributed by atoms with Crippen LogP contribution in [0.5, 0.6) is 5.75 Å². The first kappa shape index (κ1) is 17.0. The van der Waals surface area contributed by atoms with Crippen LogP contribution in [0, 0.1) is 0 Å². The fraction of sp³-hybridized carbons (Fsp3) is 0.357. The van der Waals surface area contributed by atoms with E-state index >= 15 is 0 Å². The Hall–Kier alpha value is -2.02. The van der Waals surface area contributed by atoms with E-state index < -0.39 is 17.9 Å². The van der Waals surface area contributed by atoms with Gasteiger partial charge in [0.05, 0.1) is 0 Å². The highest BCUT2D eigenvalue weighted by molar-refractivity contribution is 7.98. The number of carbonyl (C=O) groups excluding carboxylic acids is 2. The number of carboxylic acid groups (broad SMARTS) is 1. The maximum absolute atomic E-state index is 11.7. The number of hydrogen-bond acceptors (Lipinski definition) is 5. The normalized spacial score (nSPS) is 11.5. The third-order valence-electron chi connectivity index (χ3n) is 2.63. The van der Waals surface area contributed by atoms with Crippen molar-refractivity contribution in [2.75, 3.05) is 18.6 Å². The summed E-state index contributed by atoms with van der Waals surface area (Å²) in [5.74, 6) is -0.479. The van der Waals surface area contributed by atoms with Crippen molar-refractivity contribution in [2.24, 2.45) is 0 Å². The van der Waals surface area contributed by atoms with Crippen LogP contribution in [0.3, 0.4) is 0 Å². The fourth-order valence-electron chi connectivity index (χ4n) is 1.52. The van der Waals surface area contributed by atoms with E-state index in [1.807, 2.05) is 6.26 Å². The van der Waals surface area contributed by atoms with Crippen LogP contribution in [0.4, 0.5) is 0 Å². The number of carbonyl (C=O) groups is 3. The van der Waals surface area contributed by atoms with Gasteiger partial charge in [0.15, 0.2) is 6.61 Å². The molecule has 0 heterocycles. The van der Waals surface area contributed by atoms with Crippen LogP contribution in [0.2, 0.25) is 0 Å². The Labute approximate surface area is 126 Å². The zero-order valence-electron chi connectivity index (χ0n) is 11.6. The second-order valence-corrected chi connectivity index (χ2v) is 5.20. The molecule has 7 heteroatoms. The molecule has 0 aliphatic rings. The number of carboxylic acids is 1. The number of aliphatic carboxylic acids is 1. The van der Waals surface area contributed by atoms with Crippen molar-refractivity contribution in [3.05, 3.63) is 29.8 Å². The van der Waals surface area contributed by atoms with E-state index in [1.165, 1.54) is 11.8 Å². The number of rotatable bonds is 9. The van der Waals surface area contributed by atoms with E-state index in [0.29, 0.717) is 29.8 Å². The fourth-order valence-corrected chi connectivity index (χ4v) is 1.99. The SMILES string of the molecule is CSCCC(NC(=O)COc1ccc(C=O)cc1)C(=O)O. The number of aldehydes is 1. The Kier molecular flexibility index (Phi) is 7.31. The number of nitrogens with one attached hydrogen (secondary N) is 1. The van der Waals surface area contributed by atoms with Crippen LogP contribution in [0.15, 0.2) is 24.3 Å². The zero-order chi connectivity index (χ0) is 15.7. The maximum Gasteiger partial charge on any atom is 0.326 e. The standard InChI is InChI=1S/C14H17NO5S/c1-21-7-6-12(14(18)19)15-13(17)9-20-11-4-2-10(8-16)3-5-11/h2-5,8,12H,6-7,9H2,1H3,(H,15,17)(H,18,19). The molecule has 1 rings (SSSR count). The molecule has 2 N–H and O–H groups in total. The van der Waals surface area contributed by atoms with Gasteiger partial charge in [-0.2, -0.15) is 11.8 Å². The highest BCUT2D eigenvalue weighted by Gasteiger charge is 2.19. The topological polar surface area (TPSA) is 92.7 Å². The van der Waals surface area contributed by atoms with Gasteiger partial charge in [-0.1, -0.05) is 0 Å². The van der Waals surface area contributed by atoms with Gasteiger partial charge in [-0.25, -0.2) is 4.79 Å². The minimum Gasteiger partial charge on any atom is -0.484 e. The Morgan fingerprint density at radius 1 is 1.38 bits per heavy atom. The minimum absolute atomic E-state index is 0.274.